The number of benzene rings is 2. The van der Waals surface area contributed by atoms with Crippen LogP contribution in [0.5, 0.6) is 0 Å². The average molecular weight is 410 g/mol. The predicted molar refractivity (Wildman–Crippen MR) is 115 cm³/mol. The highest BCUT2D eigenvalue weighted by Crippen LogP contribution is 2.56. The van der Waals surface area contributed by atoms with Crippen molar-refractivity contribution >= 4 is 46.5 Å². The Morgan fingerprint density at radius 3 is 2.45 bits per heavy atom. The number of rotatable bonds is 3. The van der Waals surface area contributed by atoms with Crippen molar-refractivity contribution in [2.24, 2.45) is 5.41 Å². The molecule has 6 nitrogen and oxygen atoms in total. The zero-order chi connectivity index (χ0) is 20.8. The molecule has 1 unspecified atom stereocenters. The number of para-hydroxylation sites is 1. The number of hydrogen-bond acceptors (Lipinski definition) is 4. The summed E-state index contributed by atoms with van der Waals surface area (Å²) in [5.41, 5.74) is 1.46. The van der Waals surface area contributed by atoms with Gasteiger partial charge in [0.15, 0.2) is 4.87 Å². The highest BCUT2D eigenvalue weighted by atomic mass is 32.2. The highest BCUT2D eigenvalue weighted by molar-refractivity contribution is 8.02. The fraction of sp³-hybridized carbons (Fsp3) is 0.318. The van der Waals surface area contributed by atoms with Crippen molar-refractivity contribution < 1.29 is 14.4 Å². The summed E-state index contributed by atoms with van der Waals surface area (Å²) in [6, 6.07) is 14.7. The van der Waals surface area contributed by atoms with Crippen molar-refractivity contribution in [1.82, 2.24) is 0 Å². The first-order chi connectivity index (χ1) is 13.7. The summed E-state index contributed by atoms with van der Waals surface area (Å²) in [6.45, 7) is 5.52. The van der Waals surface area contributed by atoms with Crippen LogP contribution in [0.25, 0.3) is 0 Å². The van der Waals surface area contributed by atoms with E-state index in [9.17, 15) is 14.4 Å². The second kappa shape index (κ2) is 6.91. The van der Waals surface area contributed by atoms with Crippen molar-refractivity contribution in [3.63, 3.8) is 0 Å². The molecule has 3 amide bonds. The Morgan fingerprint density at radius 1 is 1.03 bits per heavy atom. The maximum atomic E-state index is 13.3. The zero-order valence-electron chi connectivity index (χ0n) is 16.6. The molecule has 0 aliphatic carbocycles. The minimum absolute atomic E-state index is 0.0382. The van der Waals surface area contributed by atoms with E-state index in [1.54, 1.807) is 29.2 Å². The topological polar surface area (TPSA) is 78.5 Å². The van der Waals surface area contributed by atoms with Gasteiger partial charge in [0.1, 0.15) is 0 Å². The third-order valence-corrected chi connectivity index (χ3v) is 6.56. The Bertz CT molecular complexity index is 1010. The van der Waals surface area contributed by atoms with E-state index in [0.717, 1.165) is 10.6 Å². The first kappa shape index (κ1) is 19.5. The molecule has 7 heteroatoms. The fourth-order valence-corrected chi connectivity index (χ4v) is 4.93. The standard InChI is InChI=1S/C22H23N3O3S/c1-21(2,3)19(27)23-14-7-6-8-15(13-14)24-20(28)22-12-11-18(26)25(22)16-9-4-5-10-17(16)29-22/h4-10,13H,11-12H2,1-3H3,(H,23,27)(H,24,28). The lowest BCUT2D eigenvalue weighted by molar-refractivity contribution is -0.123. The van der Waals surface area contributed by atoms with Gasteiger partial charge in [-0.3, -0.25) is 19.3 Å². The summed E-state index contributed by atoms with van der Waals surface area (Å²) in [5, 5.41) is 5.82. The number of nitrogens with one attached hydrogen (secondary N) is 2. The molecule has 29 heavy (non-hydrogen) atoms. The van der Waals surface area contributed by atoms with E-state index in [1.807, 2.05) is 45.0 Å². The highest BCUT2D eigenvalue weighted by Gasteiger charge is 2.57. The molecule has 1 saturated heterocycles. The van der Waals surface area contributed by atoms with E-state index in [0.29, 0.717) is 24.2 Å². The smallest absolute Gasteiger partial charge is 0.261 e. The van der Waals surface area contributed by atoms with Gasteiger partial charge in [0.05, 0.1) is 5.69 Å². The third-order valence-electron chi connectivity index (χ3n) is 5.09. The van der Waals surface area contributed by atoms with Crippen LogP contribution in [0.1, 0.15) is 33.6 Å². The largest absolute Gasteiger partial charge is 0.326 e. The van der Waals surface area contributed by atoms with Crippen molar-refractivity contribution in [3.05, 3.63) is 48.5 Å². The van der Waals surface area contributed by atoms with Gasteiger partial charge in [0.2, 0.25) is 11.8 Å². The number of fused-ring (bicyclic) bond motifs is 3. The molecule has 0 spiro atoms. The van der Waals surface area contributed by atoms with Crippen LogP contribution < -0.4 is 15.5 Å². The maximum Gasteiger partial charge on any atom is 0.261 e. The molecule has 0 saturated carbocycles. The molecule has 4 rings (SSSR count). The van der Waals surface area contributed by atoms with E-state index in [1.165, 1.54) is 11.8 Å². The lowest BCUT2D eigenvalue weighted by Gasteiger charge is -2.29. The molecule has 2 aliphatic heterocycles. The summed E-state index contributed by atoms with van der Waals surface area (Å²) >= 11 is 1.43. The molecule has 2 N–H and O–H groups in total. The summed E-state index contributed by atoms with van der Waals surface area (Å²) in [4.78, 5) is 39.7. The lowest BCUT2D eigenvalue weighted by Crippen LogP contribution is -2.49. The number of carbonyl (C=O) groups excluding carboxylic acids is 3. The van der Waals surface area contributed by atoms with E-state index in [2.05, 4.69) is 10.6 Å². The van der Waals surface area contributed by atoms with Gasteiger partial charge in [0, 0.05) is 28.1 Å². The molecule has 2 aromatic carbocycles. The molecule has 1 fully saturated rings. The van der Waals surface area contributed by atoms with Gasteiger partial charge in [0.25, 0.3) is 5.91 Å². The van der Waals surface area contributed by atoms with Gasteiger partial charge in [-0.05, 0) is 36.8 Å². The summed E-state index contributed by atoms with van der Waals surface area (Å²) in [6.07, 6.45) is 0.800. The molecule has 2 aliphatic rings. The Balaban J connectivity index is 1.57. The maximum absolute atomic E-state index is 13.3. The predicted octanol–water partition coefficient (Wildman–Crippen LogP) is 4.24. The Morgan fingerprint density at radius 2 is 1.72 bits per heavy atom. The van der Waals surface area contributed by atoms with Crippen LogP contribution in [-0.2, 0) is 14.4 Å². The van der Waals surface area contributed by atoms with E-state index < -0.39 is 10.3 Å². The Kier molecular flexibility index (Phi) is 4.65. The molecule has 2 aromatic rings. The Labute approximate surface area is 174 Å². The SMILES string of the molecule is CC(C)(C)C(=O)Nc1cccc(NC(=O)C23CCC(=O)N2c2ccccc2S3)c1. The number of carbonyl (C=O) groups is 3. The van der Waals surface area contributed by atoms with Gasteiger partial charge in [-0.15, -0.1) is 0 Å². The van der Waals surface area contributed by atoms with Crippen LogP contribution in [0.4, 0.5) is 17.1 Å². The second-order valence-electron chi connectivity index (χ2n) is 8.32. The first-order valence-electron chi connectivity index (χ1n) is 9.55. The second-order valence-corrected chi connectivity index (χ2v) is 9.64. The quantitative estimate of drug-likeness (QED) is 0.795. The average Bonchev–Trinajstić information content (AvgIpc) is 3.17. The van der Waals surface area contributed by atoms with Crippen LogP contribution in [0.3, 0.4) is 0 Å². The Hall–Kier alpha value is -2.80. The third kappa shape index (κ3) is 3.40. The summed E-state index contributed by atoms with van der Waals surface area (Å²) in [7, 11) is 0. The zero-order valence-corrected chi connectivity index (χ0v) is 17.4. The number of amides is 3. The van der Waals surface area contributed by atoms with Crippen LogP contribution in [0.15, 0.2) is 53.4 Å². The molecule has 0 aromatic heterocycles. The number of thioether (sulfide) groups is 1. The summed E-state index contributed by atoms with van der Waals surface area (Å²) in [5.74, 6) is -0.374. The number of hydrogen-bond donors (Lipinski definition) is 2. The fourth-order valence-electron chi connectivity index (χ4n) is 3.52. The minimum atomic E-state index is -0.967. The normalized spacial score (nSPS) is 20.2. The molecular formula is C22H23N3O3S. The van der Waals surface area contributed by atoms with Gasteiger partial charge in [-0.2, -0.15) is 0 Å². The van der Waals surface area contributed by atoms with E-state index >= 15 is 0 Å². The van der Waals surface area contributed by atoms with Gasteiger partial charge in [-0.1, -0.05) is 50.7 Å². The van der Waals surface area contributed by atoms with Crippen LogP contribution in [-0.4, -0.2) is 22.6 Å². The van der Waals surface area contributed by atoms with Crippen molar-refractivity contribution in [1.29, 1.82) is 0 Å². The van der Waals surface area contributed by atoms with Crippen molar-refractivity contribution in [2.45, 2.75) is 43.4 Å². The number of nitrogens with zero attached hydrogens (tertiary/aromatic N) is 1. The van der Waals surface area contributed by atoms with Crippen LogP contribution in [0, 0.1) is 5.41 Å². The summed E-state index contributed by atoms with van der Waals surface area (Å²) < 4.78 is 0. The molecule has 0 bridgehead atoms. The van der Waals surface area contributed by atoms with Gasteiger partial charge >= 0.3 is 0 Å². The minimum Gasteiger partial charge on any atom is -0.326 e. The van der Waals surface area contributed by atoms with Gasteiger partial charge in [-0.25, -0.2) is 0 Å². The molecule has 1 atom stereocenters. The van der Waals surface area contributed by atoms with Crippen molar-refractivity contribution in [2.75, 3.05) is 15.5 Å². The van der Waals surface area contributed by atoms with Gasteiger partial charge < -0.3 is 10.6 Å². The molecule has 2 heterocycles. The molecular weight excluding hydrogens is 386 g/mol. The van der Waals surface area contributed by atoms with Crippen molar-refractivity contribution in [3.8, 4) is 0 Å². The van der Waals surface area contributed by atoms with Crippen LogP contribution >= 0.6 is 11.8 Å². The van der Waals surface area contributed by atoms with E-state index in [4.69, 9.17) is 0 Å². The molecule has 0 radical (unpaired) electrons. The first-order valence-corrected chi connectivity index (χ1v) is 10.4. The monoisotopic (exact) mass is 409 g/mol. The van der Waals surface area contributed by atoms with E-state index in [-0.39, 0.29) is 17.7 Å². The number of anilines is 3. The lowest BCUT2D eigenvalue weighted by atomic mass is 9.95. The van der Waals surface area contributed by atoms with Crippen LogP contribution in [0.2, 0.25) is 0 Å². The molecule has 150 valence electrons.